The van der Waals surface area contributed by atoms with E-state index < -0.39 is 54.3 Å². The lowest BCUT2D eigenvalue weighted by atomic mass is 10.0. The van der Waals surface area contributed by atoms with Crippen molar-refractivity contribution in [2.75, 3.05) is 0 Å². The minimum Gasteiger partial charge on any atom is -0.480 e. The summed E-state index contributed by atoms with van der Waals surface area (Å²) in [6, 6.07) is 7.52. The molecule has 9 nitrogen and oxygen atoms in total. The van der Waals surface area contributed by atoms with Crippen molar-refractivity contribution in [3.63, 3.8) is 0 Å². The number of aliphatic hydroxyl groups is 1. The zero-order valence-corrected chi connectivity index (χ0v) is 14.7. The molecule has 0 bridgehead atoms. The summed E-state index contributed by atoms with van der Waals surface area (Å²) in [5, 5.41) is 24.6. The predicted octanol–water partition coefficient (Wildman–Crippen LogP) is 0.0189. The molecule has 146 valence electrons. The van der Waals surface area contributed by atoms with Gasteiger partial charge in [0.25, 0.3) is 0 Å². The number of ether oxygens (including phenoxy) is 2. The van der Waals surface area contributed by atoms with Gasteiger partial charge in [0.1, 0.15) is 6.10 Å². The number of carboxylic acids is 1. The highest BCUT2D eigenvalue weighted by Crippen LogP contribution is 2.32. The molecule has 6 atom stereocenters. The van der Waals surface area contributed by atoms with Crippen molar-refractivity contribution in [2.24, 2.45) is 5.92 Å². The largest absolute Gasteiger partial charge is 0.480 e. The third kappa shape index (κ3) is 4.20. The fraction of sp³-hybridized carbons (Fsp3) is 0.500. The molecule has 1 saturated carbocycles. The zero-order chi connectivity index (χ0) is 19.6. The third-order valence-electron chi connectivity index (χ3n) is 4.93. The number of carbonyl (C=O) groups is 3. The first-order valence-corrected chi connectivity index (χ1v) is 8.70. The van der Waals surface area contributed by atoms with E-state index in [1.54, 1.807) is 6.92 Å². The van der Waals surface area contributed by atoms with Gasteiger partial charge < -0.3 is 30.3 Å². The van der Waals surface area contributed by atoms with E-state index in [-0.39, 0.29) is 13.0 Å². The number of rotatable bonds is 7. The summed E-state index contributed by atoms with van der Waals surface area (Å²) in [4.78, 5) is 35.3. The molecule has 1 heterocycles. The molecule has 1 saturated heterocycles. The summed E-state index contributed by atoms with van der Waals surface area (Å²) in [5.41, 5.74) is 0.881. The Labute approximate surface area is 155 Å². The van der Waals surface area contributed by atoms with Crippen molar-refractivity contribution in [3.8, 4) is 0 Å². The standard InChI is InChI=1S/C18H22N2O7/c1-9(26-8-10-5-3-2-4-6-10)13(17(23)24)20-16(22)11-7-12-15(14(11)21)27-18(25)19-12/h2-6,9,11-15,21H,7-8H2,1H3,(H,19,25)(H,20,22)(H,23,24)/t9-,11-,12+,13+,14+,15+/m1/s1. The van der Waals surface area contributed by atoms with Crippen LogP contribution in [0, 0.1) is 5.92 Å². The number of carboxylic acid groups (broad SMARTS) is 1. The van der Waals surface area contributed by atoms with Crippen LogP contribution >= 0.6 is 0 Å². The van der Waals surface area contributed by atoms with E-state index in [0.717, 1.165) is 5.56 Å². The number of amides is 2. The monoisotopic (exact) mass is 378 g/mol. The first-order chi connectivity index (χ1) is 12.9. The van der Waals surface area contributed by atoms with E-state index in [2.05, 4.69) is 10.6 Å². The predicted molar refractivity (Wildman–Crippen MR) is 91.6 cm³/mol. The molecule has 0 aromatic heterocycles. The van der Waals surface area contributed by atoms with Crippen molar-refractivity contribution in [1.29, 1.82) is 0 Å². The third-order valence-corrected chi connectivity index (χ3v) is 4.93. The van der Waals surface area contributed by atoms with E-state index in [1.807, 2.05) is 30.3 Å². The Morgan fingerprint density at radius 1 is 1.37 bits per heavy atom. The number of fused-ring (bicyclic) bond motifs is 1. The fourth-order valence-electron chi connectivity index (χ4n) is 3.42. The summed E-state index contributed by atoms with van der Waals surface area (Å²) in [7, 11) is 0. The lowest BCUT2D eigenvalue weighted by Crippen LogP contribution is -2.51. The molecule has 9 heteroatoms. The number of hydrogen-bond acceptors (Lipinski definition) is 6. The van der Waals surface area contributed by atoms with Crippen LogP contribution in [0.5, 0.6) is 0 Å². The average molecular weight is 378 g/mol. The van der Waals surface area contributed by atoms with Crippen molar-refractivity contribution >= 4 is 18.0 Å². The van der Waals surface area contributed by atoms with Crippen LogP contribution in [0.3, 0.4) is 0 Å². The molecular weight excluding hydrogens is 356 g/mol. The second-order valence-electron chi connectivity index (χ2n) is 6.78. The van der Waals surface area contributed by atoms with Crippen LogP contribution in [0.2, 0.25) is 0 Å². The molecule has 1 aromatic carbocycles. The van der Waals surface area contributed by atoms with Crippen LogP contribution in [0.15, 0.2) is 30.3 Å². The molecule has 2 amide bonds. The molecule has 0 spiro atoms. The molecule has 1 aliphatic carbocycles. The van der Waals surface area contributed by atoms with Gasteiger partial charge in [-0.3, -0.25) is 4.79 Å². The summed E-state index contributed by atoms with van der Waals surface area (Å²) in [5.74, 6) is -2.72. The van der Waals surface area contributed by atoms with Crippen LogP contribution in [0.4, 0.5) is 4.79 Å². The molecule has 1 aromatic rings. The highest BCUT2D eigenvalue weighted by Gasteiger charge is 2.52. The molecule has 3 rings (SSSR count). The van der Waals surface area contributed by atoms with Crippen molar-refractivity contribution in [3.05, 3.63) is 35.9 Å². The van der Waals surface area contributed by atoms with Gasteiger partial charge in [-0.25, -0.2) is 9.59 Å². The van der Waals surface area contributed by atoms with Gasteiger partial charge in [0.2, 0.25) is 5.91 Å². The lowest BCUT2D eigenvalue weighted by Gasteiger charge is -2.24. The van der Waals surface area contributed by atoms with Gasteiger partial charge >= 0.3 is 12.1 Å². The van der Waals surface area contributed by atoms with Crippen LogP contribution in [-0.4, -0.2) is 58.6 Å². The first kappa shape index (κ1) is 19.1. The van der Waals surface area contributed by atoms with Gasteiger partial charge in [0.15, 0.2) is 12.1 Å². The van der Waals surface area contributed by atoms with Crippen LogP contribution in [0.25, 0.3) is 0 Å². The van der Waals surface area contributed by atoms with Crippen LogP contribution < -0.4 is 10.6 Å². The Kier molecular flexibility index (Phi) is 5.62. The maximum atomic E-state index is 12.5. The number of aliphatic carboxylic acids is 1. The van der Waals surface area contributed by atoms with Gasteiger partial charge in [0, 0.05) is 0 Å². The second-order valence-corrected chi connectivity index (χ2v) is 6.78. The molecule has 4 N–H and O–H groups in total. The van der Waals surface area contributed by atoms with Gasteiger partial charge in [-0.05, 0) is 18.9 Å². The summed E-state index contributed by atoms with van der Waals surface area (Å²) < 4.78 is 10.5. The molecule has 27 heavy (non-hydrogen) atoms. The SMILES string of the molecule is C[C@@H](OCc1ccccc1)[C@H](NC(=O)[C@@H]1C[C@@H]2NC(=O)O[C@@H]2[C@H]1O)C(=O)O. The number of hydrogen-bond donors (Lipinski definition) is 4. The van der Waals surface area contributed by atoms with Crippen molar-refractivity contribution < 1.29 is 34.1 Å². The summed E-state index contributed by atoms with van der Waals surface area (Å²) >= 11 is 0. The van der Waals surface area contributed by atoms with E-state index in [4.69, 9.17) is 9.47 Å². The molecule has 2 aliphatic rings. The van der Waals surface area contributed by atoms with E-state index >= 15 is 0 Å². The highest BCUT2D eigenvalue weighted by molar-refractivity contribution is 5.86. The van der Waals surface area contributed by atoms with Gasteiger partial charge in [-0.1, -0.05) is 30.3 Å². The molecule has 0 unspecified atom stereocenters. The molecule has 2 fully saturated rings. The van der Waals surface area contributed by atoms with E-state index in [1.165, 1.54) is 0 Å². The summed E-state index contributed by atoms with van der Waals surface area (Å²) in [6.07, 6.45) is -3.24. The van der Waals surface area contributed by atoms with Crippen LogP contribution in [0.1, 0.15) is 18.9 Å². The molecular formula is C18H22N2O7. The normalized spacial score (nSPS) is 28.6. The maximum Gasteiger partial charge on any atom is 0.407 e. The van der Waals surface area contributed by atoms with Gasteiger partial charge in [0.05, 0.1) is 24.7 Å². The Bertz CT molecular complexity index is 711. The minimum atomic E-state index is -1.27. The Hall–Kier alpha value is -2.65. The zero-order valence-electron chi connectivity index (χ0n) is 14.7. The first-order valence-electron chi connectivity index (χ1n) is 8.70. The van der Waals surface area contributed by atoms with Crippen molar-refractivity contribution in [2.45, 2.75) is 50.3 Å². The Morgan fingerprint density at radius 3 is 2.70 bits per heavy atom. The highest BCUT2D eigenvalue weighted by atomic mass is 16.6. The molecule has 1 aliphatic heterocycles. The number of nitrogens with one attached hydrogen (secondary N) is 2. The minimum absolute atomic E-state index is 0.176. The van der Waals surface area contributed by atoms with Crippen molar-refractivity contribution in [1.82, 2.24) is 10.6 Å². The fourth-order valence-corrected chi connectivity index (χ4v) is 3.42. The van der Waals surface area contributed by atoms with E-state index in [0.29, 0.717) is 0 Å². The van der Waals surface area contributed by atoms with E-state index in [9.17, 15) is 24.6 Å². The molecule has 0 radical (unpaired) electrons. The Balaban J connectivity index is 1.58. The van der Waals surface area contributed by atoms with Gasteiger partial charge in [-0.15, -0.1) is 0 Å². The number of carbonyl (C=O) groups excluding carboxylic acids is 2. The van der Waals surface area contributed by atoms with Crippen LogP contribution in [-0.2, 0) is 25.7 Å². The lowest BCUT2D eigenvalue weighted by molar-refractivity contribution is -0.148. The smallest absolute Gasteiger partial charge is 0.407 e. The number of benzene rings is 1. The van der Waals surface area contributed by atoms with Gasteiger partial charge in [-0.2, -0.15) is 0 Å². The quantitative estimate of drug-likeness (QED) is 0.525. The average Bonchev–Trinajstić information content (AvgIpc) is 3.15. The topological polar surface area (TPSA) is 134 Å². The number of aliphatic hydroxyl groups excluding tert-OH is 1. The maximum absolute atomic E-state index is 12.5. The second kappa shape index (κ2) is 7.93. The number of alkyl carbamates (subject to hydrolysis) is 1. The Morgan fingerprint density at radius 2 is 2.07 bits per heavy atom. The summed E-state index contributed by atoms with van der Waals surface area (Å²) in [6.45, 7) is 1.77.